The summed E-state index contributed by atoms with van der Waals surface area (Å²) < 4.78 is 0. The van der Waals surface area contributed by atoms with Gasteiger partial charge >= 0.3 is 5.97 Å². The van der Waals surface area contributed by atoms with E-state index in [1.807, 2.05) is 0 Å². The number of hydrogen-bond donors (Lipinski definition) is 1. The first-order valence-corrected chi connectivity index (χ1v) is 12.6. The molecule has 168 valence electrons. The molecule has 28 heavy (non-hydrogen) atoms. The molecule has 0 unspecified atom stereocenters. The highest BCUT2D eigenvalue weighted by Gasteiger charge is 2.06. The van der Waals surface area contributed by atoms with E-state index in [4.69, 9.17) is 5.11 Å². The van der Waals surface area contributed by atoms with Crippen molar-refractivity contribution in [3.63, 3.8) is 0 Å². The van der Waals surface area contributed by atoms with Crippen LogP contribution in [0.5, 0.6) is 0 Å². The Bertz CT molecular complexity index is 300. The van der Waals surface area contributed by atoms with Gasteiger partial charge in [0, 0.05) is 6.42 Å². The molecule has 0 aromatic rings. The number of nitrogens with zero attached hydrogens (tertiary/aromatic N) is 1. The first-order chi connectivity index (χ1) is 13.7. The highest BCUT2D eigenvalue weighted by molar-refractivity contribution is 5.66. The third-order valence-corrected chi connectivity index (χ3v) is 5.77. The molecule has 0 saturated carbocycles. The summed E-state index contributed by atoms with van der Waals surface area (Å²) in [6.45, 7) is 8.05. The second-order valence-electron chi connectivity index (χ2n) is 8.64. The smallest absolute Gasteiger partial charge is 0.303 e. The minimum absolute atomic E-state index is 0.323. The van der Waals surface area contributed by atoms with Gasteiger partial charge in [-0.25, -0.2) is 0 Å². The third kappa shape index (κ3) is 21.7. The lowest BCUT2D eigenvalue weighted by Crippen LogP contribution is -2.27. The first-order valence-electron chi connectivity index (χ1n) is 12.6. The lowest BCUT2D eigenvalue weighted by atomic mass is 10.1. The van der Waals surface area contributed by atoms with Gasteiger partial charge in [-0.3, -0.25) is 4.79 Å². The maximum atomic E-state index is 10.7. The van der Waals surface area contributed by atoms with E-state index in [1.54, 1.807) is 0 Å². The Morgan fingerprint density at radius 3 is 1.21 bits per heavy atom. The molecule has 0 bridgehead atoms. The number of unbranched alkanes of at least 4 members (excludes halogenated alkanes) is 15. The summed E-state index contributed by atoms with van der Waals surface area (Å²) in [6.07, 6.45) is 24.1. The van der Waals surface area contributed by atoms with Crippen LogP contribution in [-0.2, 0) is 4.79 Å². The summed E-state index contributed by atoms with van der Waals surface area (Å²) in [4.78, 5) is 13.3. The molecule has 0 atom stereocenters. The van der Waals surface area contributed by atoms with Crippen LogP contribution in [0.1, 0.15) is 136 Å². The van der Waals surface area contributed by atoms with Gasteiger partial charge in [-0.1, -0.05) is 104 Å². The SMILES string of the molecule is CCCCCCCCCCN(CCCCCCCCCC)CCCCC(=O)O. The summed E-state index contributed by atoms with van der Waals surface area (Å²) in [5.74, 6) is -0.655. The monoisotopic (exact) mass is 397 g/mol. The Labute approximate surface area is 176 Å². The maximum Gasteiger partial charge on any atom is 0.303 e. The Balaban J connectivity index is 3.80. The molecule has 0 aliphatic rings. The van der Waals surface area contributed by atoms with Crippen LogP contribution in [0.4, 0.5) is 0 Å². The van der Waals surface area contributed by atoms with E-state index in [0.717, 1.165) is 19.4 Å². The van der Waals surface area contributed by atoms with E-state index in [9.17, 15) is 4.79 Å². The molecule has 0 amide bonds. The molecular formula is C25H51NO2. The number of carbonyl (C=O) groups is 1. The average Bonchev–Trinajstić information content (AvgIpc) is 2.68. The second-order valence-corrected chi connectivity index (χ2v) is 8.64. The van der Waals surface area contributed by atoms with Crippen molar-refractivity contribution in [3.05, 3.63) is 0 Å². The van der Waals surface area contributed by atoms with Gasteiger partial charge in [-0.05, 0) is 45.3 Å². The van der Waals surface area contributed by atoms with Gasteiger partial charge < -0.3 is 10.0 Å². The summed E-state index contributed by atoms with van der Waals surface area (Å²) >= 11 is 0. The zero-order chi connectivity index (χ0) is 20.7. The van der Waals surface area contributed by atoms with Crippen LogP contribution in [0, 0.1) is 0 Å². The van der Waals surface area contributed by atoms with Crippen LogP contribution in [-0.4, -0.2) is 35.6 Å². The normalized spacial score (nSPS) is 11.4. The lowest BCUT2D eigenvalue weighted by molar-refractivity contribution is -0.137. The number of aliphatic carboxylic acids is 1. The van der Waals surface area contributed by atoms with E-state index in [0.29, 0.717) is 6.42 Å². The lowest BCUT2D eigenvalue weighted by Gasteiger charge is -2.22. The Kier molecular flexibility index (Phi) is 22.3. The first kappa shape index (κ1) is 27.4. The van der Waals surface area contributed by atoms with Gasteiger partial charge in [-0.15, -0.1) is 0 Å². The van der Waals surface area contributed by atoms with Gasteiger partial charge in [0.05, 0.1) is 0 Å². The predicted octanol–water partition coefficient (Wildman–Crippen LogP) is 7.82. The topological polar surface area (TPSA) is 40.5 Å². The molecule has 0 spiro atoms. The Hall–Kier alpha value is -0.570. The molecule has 0 radical (unpaired) electrons. The zero-order valence-corrected chi connectivity index (χ0v) is 19.4. The molecule has 0 heterocycles. The number of rotatable bonds is 23. The van der Waals surface area contributed by atoms with E-state index < -0.39 is 5.97 Å². The molecule has 3 nitrogen and oxygen atoms in total. The third-order valence-electron chi connectivity index (χ3n) is 5.77. The van der Waals surface area contributed by atoms with Crippen molar-refractivity contribution in [1.82, 2.24) is 4.90 Å². The van der Waals surface area contributed by atoms with E-state index in [-0.39, 0.29) is 0 Å². The molecule has 0 rings (SSSR count). The second kappa shape index (κ2) is 22.7. The molecule has 0 fully saturated rings. The standard InChI is InChI=1S/C25H51NO2/c1-3-5-7-9-11-13-15-18-22-26(24-20-17-21-25(27)28)23-19-16-14-12-10-8-6-4-2/h3-24H2,1-2H3,(H,27,28). The van der Waals surface area contributed by atoms with Gasteiger partial charge in [-0.2, -0.15) is 0 Å². The Morgan fingerprint density at radius 2 is 0.857 bits per heavy atom. The molecule has 0 aliphatic heterocycles. The molecule has 0 saturated heterocycles. The minimum atomic E-state index is -0.655. The van der Waals surface area contributed by atoms with Crippen LogP contribution in [0.25, 0.3) is 0 Å². The van der Waals surface area contributed by atoms with Crippen LogP contribution >= 0.6 is 0 Å². The van der Waals surface area contributed by atoms with Crippen LogP contribution in [0.15, 0.2) is 0 Å². The van der Waals surface area contributed by atoms with Crippen LogP contribution < -0.4 is 0 Å². The number of carboxylic acid groups (broad SMARTS) is 1. The van der Waals surface area contributed by atoms with Crippen LogP contribution in [0.3, 0.4) is 0 Å². The van der Waals surface area contributed by atoms with Gasteiger partial charge in [0.1, 0.15) is 0 Å². The molecular weight excluding hydrogens is 346 g/mol. The van der Waals surface area contributed by atoms with Gasteiger partial charge in [0.2, 0.25) is 0 Å². The number of hydrogen-bond acceptors (Lipinski definition) is 2. The van der Waals surface area contributed by atoms with Crippen molar-refractivity contribution in [3.8, 4) is 0 Å². The summed E-state index contributed by atoms with van der Waals surface area (Å²) in [6, 6.07) is 0. The maximum absolute atomic E-state index is 10.7. The minimum Gasteiger partial charge on any atom is -0.481 e. The largest absolute Gasteiger partial charge is 0.481 e. The van der Waals surface area contributed by atoms with E-state index in [1.165, 1.54) is 116 Å². The van der Waals surface area contributed by atoms with Gasteiger partial charge in [0.15, 0.2) is 0 Å². The van der Waals surface area contributed by atoms with Crippen molar-refractivity contribution in [2.45, 2.75) is 136 Å². The predicted molar refractivity (Wildman–Crippen MR) is 123 cm³/mol. The number of carboxylic acids is 1. The van der Waals surface area contributed by atoms with E-state index in [2.05, 4.69) is 18.7 Å². The summed E-state index contributed by atoms with van der Waals surface area (Å²) in [7, 11) is 0. The molecule has 3 heteroatoms. The van der Waals surface area contributed by atoms with Crippen molar-refractivity contribution >= 4 is 5.97 Å². The highest BCUT2D eigenvalue weighted by atomic mass is 16.4. The summed E-state index contributed by atoms with van der Waals surface area (Å²) in [5.41, 5.74) is 0. The zero-order valence-electron chi connectivity index (χ0n) is 19.4. The van der Waals surface area contributed by atoms with Crippen LogP contribution in [0.2, 0.25) is 0 Å². The van der Waals surface area contributed by atoms with E-state index >= 15 is 0 Å². The quantitative estimate of drug-likeness (QED) is 0.179. The molecule has 1 N–H and O–H groups in total. The fourth-order valence-electron chi connectivity index (χ4n) is 3.89. The van der Waals surface area contributed by atoms with Crippen molar-refractivity contribution in [2.24, 2.45) is 0 Å². The van der Waals surface area contributed by atoms with Crippen molar-refractivity contribution in [2.75, 3.05) is 19.6 Å². The summed E-state index contributed by atoms with van der Waals surface area (Å²) in [5, 5.41) is 8.82. The fourth-order valence-corrected chi connectivity index (χ4v) is 3.89. The molecule has 0 aromatic heterocycles. The van der Waals surface area contributed by atoms with Gasteiger partial charge in [0.25, 0.3) is 0 Å². The van der Waals surface area contributed by atoms with Crippen molar-refractivity contribution < 1.29 is 9.90 Å². The van der Waals surface area contributed by atoms with Crippen molar-refractivity contribution in [1.29, 1.82) is 0 Å². The molecule has 0 aliphatic carbocycles. The molecule has 0 aromatic carbocycles. The highest BCUT2D eigenvalue weighted by Crippen LogP contribution is 2.12. The fraction of sp³-hybridized carbons (Fsp3) is 0.960. The Morgan fingerprint density at radius 1 is 0.536 bits per heavy atom. The average molecular weight is 398 g/mol.